The number of hydrogen-bond donors (Lipinski definition) is 2. The van der Waals surface area contributed by atoms with Crippen LogP contribution in [0.5, 0.6) is 5.75 Å². The van der Waals surface area contributed by atoms with Crippen LogP contribution in [0.2, 0.25) is 0 Å². The highest BCUT2D eigenvalue weighted by molar-refractivity contribution is 6.05. The molecule has 0 atom stereocenters. The number of amides is 5. The second kappa shape index (κ2) is 18.2. The number of carbonyl (C=O) groups is 5. The van der Waals surface area contributed by atoms with E-state index in [0.29, 0.717) is 28.4 Å². The van der Waals surface area contributed by atoms with Gasteiger partial charge >= 0.3 is 12.0 Å². The number of urea groups is 1. The molecular weight excluding hydrogens is 662 g/mol. The molecule has 0 saturated carbocycles. The number of carbonyl (C=O) groups excluding carboxylic acids is 5. The van der Waals surface area contributed by atoms with Crippen LogP contribution in [0.1, 0.15) is 30.5 Å². The van der Waals surface area contributed by atoms with E-state index in [2.05, 4.69) is 10.6 Å². The summed E-state index contributed by atoms with van der Waals surface area (Å²) in [5.74, 6) is -1.31. The number of anilines is 4. The maximum atomic E-state index is 13.7. The summed E-state index contributed by atoms with van der Waals surface area (Å²) in [6.07, 6.45) is -0.209. The highest BCUT2D eigenvalue weighted by Gasteiger charge is 2.23. The smallest absolute Gasteiger partial charge is 0.319 e. The van der Waals surface area contributed by atoms with E-state index < -0.39 is 18.5 Å². The Balaban J connectivity index is 1.46. The minimum atomic E-state index is -0.661. The van der Waals surface area contributed by atoms with Gasteiger partial charge in [0.15, 0.2) is 6.61 Å². The van der Waals surface area contributed by atoms with Crippen LogP contribution >= 0.6 is 0 Å². The molecule has 12 nitrogen and oxygen atoms in total. The largest absolute Gasteiger partial charge is 0.484 e. The molecule has 0 aliphatic carbocycles. The van der Waals surface area contributed by atoms with Crippen molar-refractivity contribution in [3.63, 3.8) is 0 Å². The zero-order valence-electron chi connectivity index (χ0n) is 30.3. The van der Waals surface area contributed by atoms with Crippen molar-refractivity contribution in [3.05, 3.63) is 114 Å². The lowest BCUT2D eigenvalue weighted by atomic mass is 10.1. The Kier molecular flexibility index (Phi) is 13.5. The third-order valence-electron chi connectivity index (χ3n) is 7.87. The molecule has 0 aliphatic rings. The number of nitrogens with one attached hydrogen (secondary N) is 2. The minimum absolute atomic E-state index is 0.0360. The van der Waals surface area contributed by atoms with E-state index in [4.69, 9.17) is 9.47 Å². The highest BCUT2D eigenvalue weighted by Crippen LogP contribution is 2.23. The van der Waals surface area contributed by atoms with E-state index in [9.17, 15) is 24.0 Å². The summed E-state index contributed by atoms with van der Waals surface area (Å²) in [7, 11) is 3.29. The molecule has 4 aromatic rings. The molecule has 0 aromatic heterocycles. The SMILES string of the molecule is Cc1cc(C)cc(N(C)C(=O)COc2cccc(N(CC(=O)N(C)c3ccccc3)C(=O)CNC(=O)Nc3cccc(CC(=O)OC(C)C)c3)c2)c1. The fourth-order valence-electron chi connectivity index (χ4n) is 5.29. The quantitative estimate of drug-likeness (QED) is 0.162. The molecule has 272 valence electrons. The summed E-state index contributed by atoms with van der Waals surface area (Å²) in [6.45, 7) is 6.39. The lowest BCUT2D eigenvalue weighted by molar-refractivity contribution is -0.146. The first-order chi connectivity index (χ1) is 24.8. The zero-order valence-corrected chi connectivity index (χ0v) is 30.3. The van der Waals surface area contributed by atoms with E-state index in [0.717, 1.165) is 16.8 Å². The van der Waals surface area contributed by atoms with Gasteiger partial charge in [-0.1, -0.05) is 42.5 Å². The van der Waals surface area contributed by atoms with Crippen LogP contribution in [0.15, 0.2) is 97.1 Å². The number of nitrogens with zero attached hydrogens (tertiary/aromatic N) is 3. The highest BCUT2D eigenvalue weighted by atomic mass is 16.5. The second-order valence-electron chi connectivity index (χ2n) is 12.6. The van der Waals surface area contributed by atoms with E-state index in [1.54, 1.807) is 101 Å². The average Bonchev–Trinajstić information content (AvgIpc) is 3.11. The number of aryl methyl sites for hydroxylation is 2. The van der Waals surface area contributed by atoms with Crippen molar-refractivity contribution < 1.29 is 33.4 Å². The van der Waals surface area contributed by atoms with Gasteiger partial charge in [-0.05, 0) is 92.9 Å². The van der Waals surface area contributed by atoms with E-state index in [1.165, 1.54) is 14.7 Å². The van der Waals surface area contributed by atoms with Crippen molar-refractivity contribution in [2.45, 2.75) is 40.2 Å². The fraction of sp³-hybridized carbons (Fsp3) is 0.275. The monoisotopic (exact) mass is 707 g/mol. The Labute approximate surface area is 304 Å². The summed E-state index contributed by atoms with van der Waals surface area (Å²) >= 11 is 0. The number of rotatable bonds is 14. The van der Waals surface area contributed by atoms with Crippen molar-refractivity contribution in [2.75, 3.05) is 53.8 Å². The standard InChI is InChI=1S/C40H45N5O7/c1-27(2)52-39(49)22-30-12-10-13-31(21-30)42-40(50)41-24-36(46)45(25-37(47)43(5)32-14-8-7-9-15-32)33-16-11-17-35(23-33)51-26-38(48)44(6)34-19-28(3)18-29(4)20-34/h7-21,23,27H,22,24-26H2,1-6H3,(H2,41,42,50). The average molecular weight is 708 g/mol. The van der Waals surface area contributed by atoms with Gasteiger partial charge in [0.25, 0.3) is 5.91 Å². The van der Waals surface area contributed by atoms with Crippen LogP contribution in [0.3, 0.4) is 0 Å². The molecular formula is C40H45N5O7. The Hall–Kier alpha value is -6.17. The van der Waals surface area contributed by atoms with Gasteiger partial charge in [0.1, 0.15) is 12.3 Å². The predicted molar refractivity (Wildman–Crippen MR) is 202 cm³/mol. The summed E-state index contributed by atoms with van der Waals surface area (Å²) in [5.41, 5.74) is 4.83. The van der Waals surface area contributed by atoms with Crippen LogP contribution in [0.25, 0.3) is 0 Å². The molecule has 0 fully saturated rings. The van der Waals surface area contributed by atoms with E-state index >= 15 is 0 Å². The second-order valence-corrected chi connectivity index (χ2v) is 12.6. The molecule has 2 N–H and O–H groups in total. The topological polar surface area (TPSA) is 138 Å². The number of likely N-dealkylation sites (N-methyl/N-ethyl adjacent to an activating group) is 2. The normalized spacial score (nSPS) is 10.6. The molecule has 5 amide bonds. The minimum Gasteiger partial charge on any atom is -0.484 e. The third kappa shape index (κ3) is 11.4. The fourth-order valence-corrected chi connectivity index (χ4v) is 5.29. The molecule has 4 aromatic carbocycles. The first-order valence-electron chi connectivity index (χ1n) is 16.8. The van der Waals surface area contributed by atoms with E-state index in [-0.39, 0.29) is 43.5 Å². The predicted octanol–water partition coefficient (Wildman–Crippen LogP) is 5.66. The van der Waals surface area contributed by atoms with Crippen molar-refractivity contribution in [1.29, 1.82) is 0 Å². The van der Waals surface area contributed by atoms with E-state index in [1.807, 2.05) is 38.1 Å². The van der Waals surface area contributed by atoms with Crippen molar-refractivity contribution >= 4 is 52.5 Å². The molecule has 0 aliphatic heterocycles. The Morgan fingerprint density at radius 1 is 0.692 bits per heavy atom. The molecule has 0 spiro atoms. The van der Waals surface area contributed by atoms with Crippen LogP contribution in [0, 0.1) is 13.8 Å². The van der Waals surface area contributed by atoms with Gasteiger partial charge in [0.05, 0.1) is 19.1 Å². The molecule has 12 heteroatoms. The van der Waals surface area contributed by atoms with Crippen LogP contribution in [-0.4, -0.2) is 69.6 Å². The number of esters is 1. The lowest BCUT2D eigenvalue weighted by Gasteiger charge is -2.26. The molecule has 0 bridgehead atoms. The summed E-state index contributed by atoms with van der Waals surface area (Å²) in [6, 6.07) is 27.4. The number of para-hydroxylation sites is 1. The Morgan fingerprint density at radius 2 is 1.35 bits per heavy atom. The Bertz CT molecular complexity index is 1880. The van der Waals surface area contributed by atoms with Gasteiger partial charge in [-0.2, -0.15) is 0 Å². The third-order valence-corrected chi connectivity index (χ3v) is 7.87. The molecule has 0 radical (unpaired) electrons. The number of benzene rings is 4. The molecule has 0 heterocycles. The van der Waals surface area contributed by atoms with Gasteiger partial charge in [-0.25, -0.2) is 4.79 Å². The summed E-state index contributed by atoms with van der Waals surface area (Å²) in [4.78, 5) is 69.3. The van der Waals surface area contributed by atoms with Crippen molar-refractivity contribution in [1.82, 2.24) is 5.32 Å². The van der Waals surface area contributed by atoms with Gasteiger partial charge in [-0.15, -0.1) is 0 Å². The first-order valence-corrected chi connectivity index (χ1v) is 16.8. The van der Waals surface area contributed by atoms with Crippen LogP contribution in [0.4, 0.5) is 27.5 Å². The molecule has 52 heavy (non-hydrogen) atoms. The van der Waals surface area contributed by atoms with Crippen molar-refractivity contribution in [3.8, 4) is 5.75 Å². The molecule has 0 saturated heterocycles. The van der Waals surface area contributed by atoms with Crippen LogP contribution in [-0.2, 0) is 30.3 Å². The summed E-state index contributed by atoms with van der Waals surface area (Å²) < 4.78 is 11.0. The van der Waals surface area contributed by atoms with Crippen LogP contribution < -0.4 is 30.1 Å². The summed E-state index contributed by atoms with van der Waals surface area (Å²) in [5, 5.41) is 5.22. The van der Waals surface area contributed by atoms with Gasteiger partial charge < -0.3 is 34.8 Å². The molecule has 0 unspecified atom stereocenters. The maximum absolute atomic E-state index is 13.7. The van der Waals surface area contributed by atoms with Gasteiger partial charge in [-0.3, -0.25) is 19.2 Å². The van der Waals surface area contributed by atoms with Gasteiger partial charge in [0.2, 0.25) is 11.8 Å². The number of hydrogen-bond acceptors (Lipinski definition) is 7. The molecule has 4 rings (SSSR count). The zero-order chi connectivity index (χ0) is 37.8. The number of ether oxygens (including phenoxy) is 2. The lowest BCUT2D eigenvalue weighted by Crippen LogP contribution is -2.46. The van der Waals surface area contributed by atoms with Crippen molar-refractivity contribution in [2.24, 2.45) is 0 Å². The maximum Gasteiger partial charge on any atom is 0.319 e. The van der Waals surface area contributed by atoms with Gasteiger partial charge in [0, 0.05) is 42.9 Å². The Morgan fingerprint density at radius 3 is 2.04 bits per heavy atom. The first kappa shape index (κ1) is 38.6.